The van der Waals surface area contributed by atoms with E-state index in [4.69, 9.17) is 21.1 Å². The molecule has 0 heterocycles. The fourth-order valence-corrected chi connectivity index (χ4v) is 2.68. The van der Waals surface area contributed by atoms with Crippen LogP contribution in [0, 0.1) is 0 Å². The van der Waals surface area contributed by atoms with Crippen LogP contribution in [0.5, 0.6) is 11.5 Å². The van der Waals surface area contributed by atoms with Gasteiger partial charge in [0.1, 0.15) is 24.2 Å². The Morgan fingerprint density at radius 1 is 1.08 bits per heavy atom. The predicted octanol–water partition coefficient (Wildman–Crippen LogP) is 4.00. The highest BCUT2D eigenvalue weighted by atomic mass is 35.5. The average molecular weight is 364 g/mol. The van der Waals surface area contributed by atoms with Gasteiger partial charge in [-0.05, 0) is 44.2 Å². The number of hydrogen-bond acceptors (Lipinski definition) is 4. The van der Waals surface area contributed by atoms with E-state index < -0.39 is 6.10 Å². The molecule has 0 aliphatic heterocycles. The van der Waals surface area contributed by atoms with Gasteiger partial charge in [0, 0.05) is 29.7 Å². The molecule has 0 amide bonds. The van der Waals surface area contributed by atoms with Gasteiger partial charge in [-0.25, -0.2) is 0 Å². The Labute approximate surface area is 154 Å². The van der Waals surface area contributed by atoms with Crippen molar-refractivity contribution in [1.29, 1.82) is 0 Å². The third-order valence-corrected chi connectivity index (χ3v) is 4.25. The Bertz CT molecular complexity index is 646. The Balaban J connectivity index is 1.92. The van der Waals surface area contributed by atoms with Crippen LogP contribution >= 0.6 is 11.6 Å². The predicted molar refractivity (Wildman–Crippen MR) is 101 cm³/mol. The van der Waals surface area contributed by atoms with Crippen LogP contribution in [0.3, 0.4) is 0 Å². The quantitative estimate of drug-likeness (QED) is 0.731. The van der Waals surface area contributed by atoms with Crippen molar-refractivity contribution in [2.75, 3.05) is 20.3 Å². The molecule has 0 aliphatic rings. The van der Waals surface area contributed by atoms with Crippen molar-refractivity contribution in [1.82, 2.24) is 4.90 Å². The average Bonchev–Trinajstić information content (AvgIpc) is 2.61. The van der Waals surface area contributed by atoms with Gasteiger partial charge in [-0.1, -0.05) is 29.8 Å². The number of aliphatic hydroxyl groups excluding tert-OH is 1. The first-order valence-corrected chi connectivity index (χ1v) is 8.79. The molecule has 0 saturated carbocycles. The third kappa shape index (κ3) is 6.24. The van der Waals surface area contributed by atoms with Gasteiger partial charge in [-0.3, -0.25) is 4.90 Å². The highest BCUT2D eigenvalue weighted by Crippen LogP contribution is 2.21. The van der Waals surface area contributed by atoms with E-state index in [-0.39, 0.29) is 12.6 Å². The number of rotatable bonds is 9. The second-order valence-electron chi connectivity index (χ2n) is 6.25. The van der Waals surface area contributed by atoms with Gasteiger partial charge in [0.25, 0.3) is 0 Å². The maximum absolute atomic E-state index is 10.4. The van der Waals surface area contributed by atoms with Gasteiger partial charge in [-0.15, -0.1) is 0 Å². The summed E-state index contributed by atoms with van der Waals surface area (Å²) in [6.07, 6.45) is -0.590. The zero-order valence-corrected chi connectivity index (χ0v) is 15.7. The number of methoxy groups -OCH3 is 1. The molecule has 0 aromatic heterocycles. The molecule has 0 saturated heterocycles. The summed E-state index contributed by atoms with van der Waals surface area (Å²) in [5.41, 5.74) is 1.10. The smallest absolute Gasteiger partial charge is 0.123 e. The van der Waals surface area contributed by atoms with Gasteiger partial charge >= 0.3 is 0 Å². The minimum Gasteiger partial charge on any atom is -0.496 e. The Hall–Kier alpha value is -1.75. The normalized spacial score (nSPS) is 12.4. The molecule has 2 rings (SSSR count). The van der Waals surface area contributed by atoms with E-state index in [9.17, 15) is 5.11 Å². The first-order valence-electron chi connectivity index (χ1n) is 8.42. The van der Waals surface area contributed by atoms with E-state index in [1.54, 1.807) is 31.4 Å². The molecule has 0 unspecified atom stereocenters. The molecule has 1 N–H and O–H groups in total. The first kappa shape index (κ1) is 19.6. The van der Waals surface area contributed by atoms with Crippen LogP contribution in [0.1, 0.15) is 19.4 Å². The zero-order chi connectivity index (χ0) is 18.2. The fourth-order valence-electron chi connectivity index (χ4n) is 2.56. The number of para-hydroxylation sites is 1. The van der Waals surface area contributed by atoms with Crippen LogP contribution in [0.4, 0.5) is 0 Å². The molecule has 5 heteroatoms. The van der Waals surface area contributed by atoms with Gasteiger partial charge in [0.15, 0.2) is 0 Å². The van der Waals surface area contributed by atoms with Crippen LogP contribution in [-0.2, 0) is 6.54 Å². The van der Waals surface area contributed by atoms with Crippen LogP contribution in [-0.4, -0.2) is 42.4 Å². The third-order valence-electron chi connectivity index (χ3n) is 4.00. The van der Waals surface area contributed by atoms with Gasteiger partial charge < -0.3 is 14.6 Å². The Morgan fingerprint density at radius 3 is 2.40 bits per heavy atom. The SMILES string of the molecule is COc1ccccc1CN(C[C@H](O)COc1ccc(Cl)cc1)C(C)C. The molecule has 4 nitrogen and oxygen atoms in total. The largest absolute Gasteiger partial charge is 0.496 e. The molecule has 0 aliphatic carbocycles. The second-order valence-corrected chi connectivity index (χ2v) is 6.69. The second kappa shape index (κ2) is 9.66. The van der Waals surface area contributed by atoms with Crippen LogP contribution in [0.15, 0.2) is 48.5 Å². The van der Waals surface area contributed by atoms with E-state index in [1.165, 1.54) is 0 Å². The monoisotopic (exact) mass is 363 g/mol. The number of halogens is 1. The van der Waals surface area contributed by atoms with Crippen LogP contribution in [0.2, 0.25) is 5.02 Å². The summed E-state index contributed by atoms with van der Waals surface area (Å²) in [7, 11) is 1.67. The Kier molecular flexibility index (Phi) is 7.56. The number of benzene rings is 2. The van der Waals surface area contributed by atoms with E-state index in [1.807, 2.05) is 24.3 Å². The van der Waals surface area contributed by atoms with Crippen molar-refractivity contribution < 1.29 is 14.6 Å². The minimum atomic E-state index is -0.590. The van der Waals surface area contributed by atoms with E-state index in [2.05, 4.69) is 18.7 Å². The van der Waals surface area contributed by atoms with Crippen molar-refractivity contribution >= 4 is 11.6 Å². The maximum atomic E-state index is 10.4. The van der Waals surface area contributed by atoms with Crippen LogP contribution < -0.4 is 9.47 Å². The summed E-state index contributed by atoms with van der Waals surface area (Å²) in [4.78, 5) is 2.20. The van der Waals surface area contributed by atoms with Crippen molar-refractivity contribution in [3.05, 3.63) is 59.1 Å². The summed E-state index contributed by atoms with van der Waals surface area (Å²) in [6.45, 7) is 5.68. The number of hydrogen-bond donors (Lipinski definition) is 1. The summed E-state index contributed by atoms with van der Waals surface area (Å²) < 4.78 is 11.1. The molecule has 0 radical (unpaired) electrons. The van der Waals surface area contributed by atoms with Crippen LogP contribution in [0.25, 0.3) is 0 Å². The summed E-state index contributed by atoms with van der Waals surface area (Å²) in [5.74, 6) is 1.56. The highest BCUT2D eigenvalue weighted by molar-refractivity contribution is 6.30. The summed E-state index contributed by atoms with van der Waals surface area (Å²) >= 11 is 5.86. The van der Waals surface area contributed by atoms with E-state index in [0.717, 1.165) is 11.3 Å². The number of ether oxygens (including phenoxy) is 2. The Morgan fingerprint density at radius 2 is 1.76 bits per heavy atom. The van der Waals surface area contributed by atoms with Crippen molar-refractivity contribution in [2.24, 2.45) is 0 Å². The molecule has 1 atom stereocenters. The lowest BCUT2D eigenvalue weighted by Crippen LogP contribution is -2.39. The van der Waals surface area contributed by atoms with Gasteiger partial charge in [0.2, 0.25) is 0 Å². The molecule has 2 aromatic rings. The molecule has 2 aromatic carbocycles. The lowest BCUT2D eigenvalue weighted by Gasteiger charge is -2.29. The summed E-state index contributed by atoms with van der Waals surface area (Å²) in [5, 5.41) is 11.0. The van der Waals surface area contributed by atoms with E-state index in [0.29, 0.717) is 23.9 Å². The fraction of sp³-hybridized carbons (Fsp3) is 0.400. The minimum absolute atomic E-state index is 0.233. The molecule has 25 heavy (non-hydrogen) atoms. The van der Waals surface area contributed by atoms with Crippen molar-refractivity contribution in [3.63, 3.8) is 0 Å². The molecule has 0 spiro atoms. The van der Waals surface area contributed by atoms with Crippen molar-refractivity contribution in [3.8, 4) is 11.5 Å². The summed E-state index contributed by atoms with van der Waals surface area (Å²) in [6, 6.07) is 15.4. The standard InChI is InChI=1S/C20H26ClNO3/c1-15(2)22(12-16-6-4-5-7-20(16)24-3)13-18(23)14-25-19-10-8-17(21)9-11-19/h4-11,15,18,23H,12-14H2,1-3H3/t18-/m0/s1. The number of nitrogens with zero attached hydrogens (tertiary/aromatic N) is 1. The maximum Gasteiger partial charge on any atom is 0.123 e. The first-order chi connectivity index (χ1) is 12.0. The number of aliphatic hydroxyl groups is 1. The molecular weight excluding hydrogens is 338 g/mol. The lowest BCUT2D eigenvalue weighted by molar-refractivity contribution is 0.0540. The van der Waals surface area contributed by atoms with E-state index >= 15 is 0 Å². The van der Waals surface area contributed by atoms with Gasteiger partial charge in [-0.2, -0.15) is 0 Å². The highest BCUT2D eigenvalue weighted by Gasteiger charge is 2.17. The molecule has 136 valence electrons. The zero-order valence-electron chi connectivity index (χ0n) is 15.0. The lowest BCUT2D eigenvalue weighted by atomic mass is 10.1. The topological polar surface area (TPSA) is 41.9 Å². The van der Waals surface area contributed by atoms with Crippen molar-refractivity contribution in [2.45, 2.75) is 32.5 Å². The molecule has 0 fully saturated rings. The molecule has 0 bridgehead atoms. The molecular formula is C20H26ClNO3. The van der Waals surface area contributed by atoms with Gasteiger partial charge in [0.05, 0.1) is 7.11 Å².